The molecule has 2 atom stereocenters. The van der Waals surface area contributed by atoms with Gasteiger partial charge < -0.3 is 10.2 Å². The van der Waals surface area contributed by atoms with Crippen LogP contribution in [0.15, 0.2) is 24.3 Å². The highest BCUT2D eigenvalue weighted by molar-refractivity contribution is 5.49. The van der Waals surface area contributed by atoms with Crippen LogP contribution in [-0.4, -0.2) is 24.7 Å². The van der Waals surface area contributed by atoms with Gasteiger partial charge in [0.05, 0.1) is 5.56 Å². The normalized spacial score (nSPS) is 28.7. The SMILES string of the molecule is CCN(c1ccc(C(F)(F)F)cc1)C1CC2CCC(C1)N2. The van der Waals surface area contributed by atoms with Gasteiger partial charge in [0.2, 0.25) is 0 Å². The third-order valence-corrected chi connectivity index (χ3v) is 4.76. The van der Waals surface area contributed by atoms with E-state index in [-0.39, 0.29) is 0 Å². The van der Waals surface area contributed by atoms with E-state index in [2.05, 4.69) is 17.1 Å². The number of benzene rings is 1. The van der Waals surface area contributed by atoms with E-state index < -0.39 is 11.7 Å². The number of piperidine rings is 1. The monoisotopic (exact) mass is 298 g/mol. The zero-order valence-electron chi connectivity index (χ0n) is 12.2. The Morgan fingerprint density at radius 3 is 2.14 bits per heavy atom. The van der Waals surface area contributed by atoms with Gasteiger partial charge in [-0.15, -0.1) is 0 Å². The molecular weight excluding hydrogens is 277 g/mol. The van der Waals surface area contributed by atoms with Crippen LogP contribution in [0.2, 0.25) is 0 Å². The Bertz CT molecular complexity index is 471. The average molecular weight is 298 g/mol. The van der Waals surface area contributed by atoms with Gasteiger partial charge in [0.25, 0.3) is 0 Å². The van der Waals surface area contributed by atoms with Gasteiger partial charge in [-0.1, -0.05) is 0 Å². The lowest BCUT2D eigenvalue weighted by atomic mass is 9.97. The van der Waals surface area contributed by atoms with Crippen LogP contribution in [0.25, 0.3) is 0 Å². The molecule has 0 saturated carbocycles. The molecule has 2 bridgehead atoms. The highest BCUT2D eigenvalue weighted by atomic mass is 19.4. The van der Waals surface area contributed by atoms with Crippen molar-refractivity contribution in [3.05, 3.63) is 29.8 Å². The zero-order chi connectivity index (χ0) is 15.0. The van der Waals surface area contributed by atoms with E-state index in [0.717, 1.165) is 25.1 Å². The summed E-state index contributed by atoms with van der Waals surface area (Å²) in [5.41, 5.74) is 0.324. The van der Waals surface area contributed by atoms with Crippen LogP contribution in [0.4, 0.5) is 18.9 Å². The highest BCUT2D eigenvalue weighted by Crippen LogP contribution is 2.34. The average Bonchev–Trinajstić information content (AvgIpc) is 2.78. The molecule has 0 spiro atoms. The highest BCUT2D eigenvalue weighted by Gasteiger charge is 2.36. The number of hydrogen-bond donors (Lipinski definition) is 1. The molecule has 21 heavy (non-hydrogen) atoms. The third kappa shape index (κ3) is 3.03. The fourth-order valence-corrected chi connectivity index (χ4v) is 3.78. The van der Waals surface area contributed by atoms with Crippen LogP contribution >= 0.6 is 0 Å². The summed E-state index contributed by atoms with van der Waals surface area (Å²) < 4.78 is 37.9. The second kappa shape index (κ2) is 5.52. The number of alkyl halides is 3. The lowest BCUT2D eigenvalue weighted by molar-refractivity contribution is -0.137. The Kier molecular flexibility index (Phi) is 3.86. The molecule has 3 rings (SSSR count). The molecule has 116 valence electrons. The minimum absolute atomic E-state index is 0.436. The molecule has 2 saturated heterocycles. The van der Waals surface area contributed by atoms with E-state index >= 15 is 0 Å². The Balaban J connectivity index is 1.77. The minimum Gasteiger partial charge on any atom is -0.369 e. The summed E-state index contributed by atoms with van der Waals surface area (Å²) in [5, 5.41) is 3.60. The van der Waals surface area contributed by atoms with Crippen molar-refractivity contribution in [3.63, 3.8) is 0 Å². The molecule has 2 aliphatic heterocycles. The number of nitrogens with zero attached hydrogens (tertiary/aromatic N) is 1. The van der Waals surface area contributed by atoms with Crippen molar-refractivity contribution < 1.29 is 13.2 Å². The number of nitrogens with one attached hydrogen (secondary N) is 1. The number of anilines is 1. The molecule has 2 aliphatic rings. The topological polar surface area (TPSA) is 15.3 Å². The van der Waals surface area contributed by atoms with E-state index in [1.807, 2.05) is 0 Å². The summed E-state index contributed by atoms with van der Waals surface area (Å²) >= 11 is 0. The van der Waals surface area contributed by atoms with Crippen molar-refractivity contribution in [1.82, 2.24) is 5.32 Å². The summed E-state index contributed by atoms with van der Waals surface area (Å²) in [6.07, 6.45) is 0.373. The van der Waals surface area contributed by atoms with Gasteiger partial charge in [-0.3, -0.25) is 0 Å². The molecule has 0 aliphatic carbocycles. The molecule has 5 heteroatoms. The van der Waals surface area contributed by atoms with Crippen molar-refractivity contribution >= 4 is 5.69 Å². The van der Waals surface area contributed by atoms with Gasteiger partial charge in [0, 0.05) is 30.4 Å². The second-order valence-electron chi connectivity index (χ2n) is 6.09. The van der Waals surface area contributed by atoms with Crippen molar-refractivity contribution in [2.75, 3.05) is 11.4 Å². The predicted molar refractivity (Wildman–Crippen MR) is 77.4 cm³/mol. The molecule has 2 nitrogen and oxygen atoms in total. The van der Waals surface area contributed by atoms with Gasteiger partial charge in [0.15, 0.2) is 0 Å². The van der Waals surface area contributed by atoms with Crippen LogP contribution in [0, 0.1) is 0 Å². The molecule has 2 fully saturated rings. The standard InChI is InChI=1S/C16H21F3N2/c1-2-21(15-9-12-5-6-13(10-15)20-12)14-7-3-11(4-8-14)16(17,18)19/h3-4,7-8,12-13,15,20H,2,5-6,9-10H2,1H3. The van der Waals surface area contributed by atoms with Crippen molar-refractivity contribution in [1.29, 1.82) is 0 Å². The summed E-state index contributed by atoms with van der Waals surface area (Å²) in [5.74, 6) is 0. The first-order valence-corrected chi connectivity index (χ1v) is 7.67. The number of fused-ring (bicyclic) bond motifs is 2. The summed E-state index contributed by atoms with van der Waals surface area (Å²) in [7, 11) is 0. The maximum atomic E-state index is 12.6. The van der Waals surface area contributed by atoms with Gasteiger partial charge in [-0.2, -0.15) is 13.2 Å². The largest absolute Gasteiger partial charge is 0.416 e. The van der Waals surface area contributed by atoms with Crippen LogP contribution in [0.3, 0.4) is 0 Å². The molecule has 0 aromatic heterocycles. The fraction of sp³-hybridized carbons (Fsp3) is 0.625. The van der Waals surface area contributed by atoms with Gasteiger partial charge in [-0.05, 0) is 56.9 Å². The molecule has 1 aromatic rings. The molecule has 2 heterocycles. The molecule has 0 radical (unpaired) electrons. The minimum atomic E-state index is -4.26. The number of rotatable bonds is 3. The molecule has 0 amide bonds. The summed E-state index contributed by atoms with van der Waals surface area (Å²) in [6, 6.07) is 7.19. The lowest BCUT2D eigenvalue weighted by Crippen LogP contribution is -2.48. The van der Waals surface area contributed by atoms with Crippen LogP contribution < -0.4 is 10.2 Å². The first-order chi connectivity index (χ1) is 9.97. The lowest BCUT2D eigenvalue weighted by Gasteiger charge is -2.38. The Morgan fingerprint density at radius 2 is 1.67 bits per heavy atom. The fourth-order valence-electron chi connectivity index (χ4n) is 3.78. The van der Waals surface area contributed by atoms with Crippen LogP contribution in [0.5, 0.6) is 0 Å². The van der Waals surface area contributed by atoms with Gasteiger partial charge >= 0.3 is 6.18 Å². The first kappa shape index (κ1) is 14.7. The Morgan fingerprint density at radius 1 is 1.10 bits per heavy atom. The van der Waals surface area contributed by atoms with E-state index in [1.54, 1.807) is 12.1 Å². The van der Waals surface area contributed by atoms with E-state index in [4.69, 9.17) is 0 Å². The second-order valence-corrected chi connectivity index (χ2v) is 6.09. The van der Waals surface area contributed by atoms with E-state index in [9.17, 15) is 13.2 Å². The van der Waals surface area contributed by atoms with E-state index in [1.165, 1.54) is 25.0 Å². The zero-order valence-corrected chi connectivity index (χ0v) is 12.2. The van der Waals surface area contributed by atoms with Crippen molar-refractivity contribution in [3.8, 4) is 0 Å². The Hall–Kier alpha value is -1.23. The first-order valence-electron chi connectivity index (χ1n) is 7.67. The Labute approximate surface area is 123 Å². The molecule has 2 unspecified atom stereocenters. The quantitative estimate of drug-likeness (QED) is 0.912. The predicted octanol–water partition coefficient (Wildman–Crippen LogP) is 3.81. The van der Waals surface area contributed by atoms with Crippen molar-refractivity contribution in [2.24, 2.45) is 0 Å². The number of halogens is 3. The van der Waals surface area contributed by atoms with Crippen LogP contribution in [0.1, 0.15) is 38.2 Å². The molecule has 1 aromatic carbocycles. The number of hydrogen-bond acceptors (Lipinski definition) is 2. The molecule has 1 N–H and O–H groups in total. The van der Waals surface area contributed by atoms with Gasteiger partial charge in [0.1, 0.15) is 0 Å². The van der Waals surface area contributed by atoms with Crippen LogP contribution in [-0.2, 0) is 6.18 Å². The summed E-state index contributed by atoms with van der Waals surface area (Å²) in [4.78, 5) is 2.26. The van der Waals surface area contributed by atoms with Crippen molar-refractivity contribution in [2.45, 2.75) is 56.9 Å². The van der Waals surface area contributed by atoms with E-state index in [0.29, 0.717) is 18.1 Å². The smallest absolute Gasteiger partial charge is 0.369 e. The molecular formula is C16H21F3N2. The third-order valence-electron chi connectivity index (χ3n) is 4.76. The van der Waals surface area contributed by atoms with Gasteiger partial charge in [-0.25, -0.2) is 0 Å². The maximum absolute atomic E-state index is 12.6. The summed E-state index contributed by atoms with van der Waals surface area (Å²) in [6.45, 7) is 2.90. The maximum Gasteiger partial charge on any atom is 0.416 e.